The summed E-state index contributed by atoms with van der Waals surface area (Å²) in [5, 5.41) is 0. The van der Waals surface area contributed by atoms with Crippen LogP contribution >= 0.6 is 0 Å². The Morgan fingerprint density at radius 2 is 2.15 bits per heavy atom. The highest BCUT2D eigenvalue weighted by Gasteiger charge is 2.15. The number of ether oxygens (including phenoxy) is 2. The van der Waals surface area contributed by atoms with Crippen LogP contribution in [-0.2, 0) is 14.3 Å². The lowest BCUT2D eigenvalue weighted by Gasteiger charge is -2.15. The first-order valence-corrected chi connectivity index (χ1v) is 4.27. The lowest BCUT2D eigenvalue weighted by atomic mass is 9.97. The zero-order chi connectivity index (χ0) is 9.10. The van der Waals surface area contributed by atoms with Gasteiger partial charge in [-0.05, 0) is 18.9 Å². The summed E-state index contributed by atoms with van der Waals surface area (Å²) < 4.78 is 10.2. The lowest BCUT2D eigenvalue weighted by molar-refractivity contribution is -0.115. The SMILES string of the molecule is O=C1C=C(C2=COC=CO2)CCC1. The van der Waals surface area contributed by atoms with E-state index in [1.807, 2.05) is 0 Å². The van der Waals surface area contributed by atoms with Crippen molar-refractivity contribution in [1.29, 1.82) is 0 Å². The smallest absolute Gasteiger partial charge is 0.164 e. The zero-order valence-electron chi connectivity index (χ0n) is 7.16. The molecule has 2 rings (SSSR count). The minimum atomic E-state index is 0.167. The van der Waals surface area contributed by atoms with Crippen molar-refractivity contribution in [2.75, 3.05) is 0 Å². The topological polar surface area (TPSA) is 35.5 Å². The number of hydrogen-bond donors (Lipinski definition) is 0. The predicted octanol–water partition coefficient (Wildman–Crippen LogP) is 2.03. The lowest BCUT2D eigenvalue weighted by Crippen LogP contribution is -2.06. The number of carbonyl (C=O) groups is 1. The van der Waals surface area contributed by atoms with E-state index in [1.54, 1.807) is 6.08 Å². The van der Waals surface area contributed by atoms with E-state index in [2.05, 4.69) is 0 Å². The minimum absolute atomic E-state index is 0.167. The van der Waals surface area contributed by atoms with Gasteiger partial charge in [0.15, 0.2) is 11.5 Å². The normalized spacial score (nSPS) is 21.4. The van der Waals surface area contributed by atoms with Gasteiger partial charge in [-0.15, -0.1) is 0 Å². The van der Waals surface area contributed by atoms with Gasteiger partial charge in [-0.3, -0.25) is 4.79 Å². The summed E-state index contributed by atoms with van der Waals surface area (Å²) >= 11 is 0. The maximum Gasteiger partial charge on any atom is 0.164 e. The molecule has 0 aromatic carbocycles. The van der Waals surface area contributed by atoms with Crippen LogP contribution < -0.4 is 0 Å². The van der Waals surface area contributed by atoms with Crippen LogP contribution in [0.1, 0.15) is 19.3 Å². The molecule has 0 amide bonds. The standard InChI is InChI=1S/C10H10O3/c11-9-3-1-2-8(6-9)10-7-12-4-5-13-10/h4-7H,1-3H2. The molecule has 0 atom stereocenters. The summed E-state index contributed by atoms with van der Waals surface area (Å²) in [6, 6.07) is 0. The molecule has 3 heteroatoms. The van der Waals surface area contributed by atoms with Gasteiger partial charge in [0.05, 0.1) is 0 Å². The van der Waals surface area contributed by atoms with Crippen LogP contribution in [0.25, 0.3) is 0 Å². The molecule has 0 N–H and O–H groups in total. The number of rotatable bonds is 1. The van der Waals surface area contributed by atoms with Crippen LogP contribution in [0, 0.1) is 0 Å². The molecule has 0 radical (unpaired) electrons. The van der Waals surface area contributed by atoms with Crippen LogP contribution in [-0.4, -0.2) is 5.78 Å². The fraction of sp³-hybridized carbons (Fsp3) is 0.300. The number of carbonyl (C=O) groups excluding carboxylic acids is 1. The van der Waals surface area contributed by atoms with Crippen LogP contribution in [0.4, 0.5) is 0 Å². The Hall–Kier alpha value is -1.51. The summed E-state index contributed by atoms with van der Waals surface area (Å²) in [4.78, 5) is 11.1. The molecule has 2 aliphatic rings. The third-order valence-electron chi connectivity index (χ3n) is 2.03. The molecule has 0 unspecified atom stereocenters. The number of allylic oxidation sites excluding steroid dienone is 2. The predicted molar refractivity (Wildman–Crippen MR) is 46.3 cm³/mol. The van der Waals surface area contributed by atoms with Crippen molar-refractivity contribution in [2.45, 2.75) is 19.3 Å². The Kier molecular flexibility index (Phi) is 2.17. The molecule has 1 aliphatic carbocycles. The molecule has 0 spiro atoms. The molecule has 1 heterocycles. The van der Waals surface area contributed by atoms with Gasteiger partial charge in [-0.25, -0.2) is 0 Å². The monoisotopic (exact) mass is 178 g/mol. The van der Waals surface area contributed by atoms with Crippen molar-refractivity contribution in [1.82, 2.24) is 0 Å². The quantitative estimate of drug-likeness (QED) is 0.616. The highest BCUT2D eigenvalue weighted by atomic mass is 16.5. The molecule has 0 aromatic rings. The average Bonchev–Trinajstić information content (AvgIpc) is 2.19. The first kappa shape index (κ1) is 8.10. The first-order chi connectivity index (χ1) is 6.36. The molecule has 0 aromatic heterocycles. The molecule has 13 heavy (non-hydrogen) atoms. The van der Waals surface area contributed by atoms with Crippen LogP contribution in [0.3, 0.4) is 0 Å². The Morgan fingerprint density at radius 1 is 1.23 bits per heavy atom. The second-order valence-electron chi connectivity index (χ2n) is 3.00. The molecule has 0 saturated carbocycles. The van der Waals surface area contributed by atoms with Crippen LogP contribution in [0.5, 0.6) is 0 Å². The summed E-state index contributed by atoms with van der Waals surface area (Å²) in [7, 11) is 0. The average molecular weight is 178 g/mol. The Morgan fingerprint density at radius 3 is 2.85 bits per heavy atom. The molecular weight excluding hydrogens is 168 g/mol. The van der Waals surface area contributed by atoms with Gasteiger partial charge in [-0.2, -0.15) is 0 Å². The maximum atomic E-state index is 11.1. The second-order valence-corrected chi connectivity index (χ2v) is 3.00. The summed E-state index contributed by atoms with van der Waals surface area (Å²) in [6.45, 7) is 0. The van der Waals surface area contributed by atoms with Gasteiger partial charge in [0.2, 0.25) is 0 Å². The number of ketones is 1. The molecule has 0 saturated heterocycles. The molecule has 0 fully saturated rings. The zero-order valence-corrected chi connectivity index (χ0v) is 7.16. The third-order valence-corrected chi connectivity index (χ3v) is 2.03. The van der Waals surface area contributed by atoms with Gasteiger partial charge in [0, 0.05) is 12.0 Å². The van der Waals surface area contributed by atoms with E-state index in [1.165, 1.54) is 18.8 Å². The van der Waals surface area contributed by atoms with Gasteiger partial charge < -0.3 is 9.47 Å². The van der Waals surface area contributed by atoms with Crippen molar-refractivity contribution in [3.05, 3.63) is 36.2 Å². The van der Waals surface area contributed by atoms with Crippen molar-refractivity contribution in [3.8, 4) is 0 Å². The van der Waals surface area contributed by atoms with Gasteiger partial charge in [0.25, 0.3) is 0 Å². The third kappa shape index (κ3) is 1.80. The molecular formula is C10H10O3. The number of hydrogen-bond acceptors (Lipinski definition) is 3. The summed E-state index contributed by atoms with van der Waals surface area (Å²) in [5.41, 5.74) is 0.931. The van der Waals surface area contributed by atoms with E-state index in [4.69, 9.17) is 9.47 Å². The highest BCUT2D eigenvalue weighted by Crippen LogP contribution is 2.24. The van der Waals surface area contributed by atoms with E-state index in [0.29, 0.717) is 12.2 Å². The fourth-order valence-electron chi connectivity index (χ4n) is 1.40. The van der Waals surface area contributed by atoms with Crippen molar-refractivity contribution in [3.63, 3.8) is 0 Å². The van der Waals surface area contributed by atoms with E-state index >= 15 is 0 Å². The Bertz CT molecular complexity index is 310. The van der Waals surface area contributed by atoms with Gasteiger partial charge >= 0.3 is 0 Å². The van der Waals surface area contributed by atoms with Crippen molar-refractivity contribution in [2.24, 2.45) is 0 Å². The van der Waals surface area contributed by atoms with E-state index in [-0.39, 0.29) is 5.78 Å². The molecule has 0 bridgehead atoms. The molecule has 68 valence electrons. The Balaban J connectivity index is 2.15. The maximum absolute atomic E-state index is 11.1. The van der Waals surface area contributed by atoms with Crippen molar-refractivity contribution >= 4 is 5.78 Å². The molecule has 3 nitrogen and oxygen atoms in total. The highest BCUT2D eigenvalue weighted by molar-refractivity contribution is 5.91. The molecule has 1 aliphatic heterocycles. The van der Waals surface area contributed by atoms with Crippen molar-refractivity contribution < 1.29 is 14.3 Å². The fourth-order valence-corrected chi connectivity index (χ4v) is 1.40. The van der Waals surface area contributed by atoms with Crippen LogP contribution in [0.15, 0.2) is 36.2 Å². The van der Waals surface area contributed by atoms with Gasteiger partial charge in [-0.1, -0.05) is 0 Å². The van der Waals surface area contributed by atoms with Gasteiger partial charge in [0.1, 0.15) is 18.8 Å². The van der Waals surface area contributed by atoms with Crippen LogP contribution in [0.2, 0.25) is 0 Å². The van der Waals surface area contributed by atoms with E-state index < -0.39 is 0 Å². The minimum Gasteiger partial charge on any atom is -0.466 e. The second kappa shape index (κ2) is 3.47. The largest absolute Gasteiger partial charge is 0.466 e. The summed E-state index contributed by atoms with van der Waals surface area (Å²) in [5.74, 6) is 0.816. The first-order valence-electron chi connectivity index (χ1n) is 4.27. The van der Waals surface area contributed by atoms with E-state index in [0.717, 1.165) is 18.4 Å². The Labute approximate surface area is 76.3 Å². The summed E-state index contributed by atoms with van der Waals surface area (Å²) in [6.07, 6.45) is 8.50. The van der Waals surface area contributed by atoms with E-state index in [9.17, 15) is 4.79 Å².